The predicted molar refractivity (Wildman–Crippen MR) is 73.3 cm³/mol. The summed E-state index contributed by atoms with van der Waals surface area (Å²) in [5, 5.41) is 7.10. The van der Waals surface area contributed by atoms with Gasteiger partial charge in [0.15, 0.2) is 5.82 Å². The Balaban J connectivity index is 2.23. The van der Waals surface area contributed by atoms with Gasteiger partial charge >= 0.3 is 6.18 Å². The minimum Gasteiger partial charge on any atom is -0.310 e. The number of nitrogens with one attached hydrogen (secondary N) is 1. The van der Waals surface area contributed by atoms with Gasteiger partial charge in [-0.25, -0.2) is 9.67 Å². The molecule has 0 unspecified atom stereocenters. The van der Waals surface area contributed by atoms with Crippen LogP contribution in [0.3, 0.4) is 0 Å². The first-order valence-corrected chi connectivity index (χ1v) is 6.65. The Hall–Kier alpha value is -1.60. The fourth-order valence-electron chi connectivity index (χ4n) is 1.64. The van der Waals surface area contributed by atoms with Gasteiger partial charge in [0, 0.05) is 25.0 Å². The minimum atomic E-state index is -4.44. The lowest BCUT2D eigenvalue weighted by Crippen LogP contribution is -2.22. The van der Waals surface area contributed by atoms with Crippen LogP contribution in [-0.2, 0) is 12.7 Å². The Bertz CT molecular complexity index is 622. The standard InChI is InChI=1S/C13H14ClF3N4/c1-8(2)18-4-9-3-11(14)12(19-5-9)21-7-10(6-20-21)13(15,16)17/h3,5-8,18H,4H2,1-2H3. The lowest BCUT2D eigenvalue weighted by atomic mass is 10.2. The van der Waals surface area contributed by atoms with Crippen molar-refractivity contribution in [2.75, 3.05) is 0 Å². The zero-order valence-electron chi connectivity index (χ0n) is 11.4. The van der Waals surface area contributed by atoms with E-state index in [1.54, 1.807) is 12.3 Å². The van der Waals surface area contributed by atoms with Gasteiger partial charge in [0.1, 0.15) is 0 Å². The van der Waals surface area contributed by atoms with Crippen LogP contribution in [0.4, 0.5) is 13.2 Å². The van der Waals surface area contributed by atoms with E-state index >= 15 is 0 Å². The molecule has 0 radical (unpaired) electrons. The molecule has 114 valence electrons. The summed E-state index contributed by atoms with van der Waals surface area (Å²) >= 11 is 6.07. The van der Waals surface area contributed by atoms with Gasteiger partial charge in [0.05, 0.1) is 16.8 Å². The van der Waals surface area contributed by atoms with Gasteiger partial charge in [-0.05, 0) is 11.6 Å². The van der Waals surface area contributed by atoms with Crippen LogP contribution in [-0.4, -0.2) is 20.8 Å². The summed E-state index contributed by atoms with van der Waals surface area (Å²) in [5.41, 5.74) is 0.00608. The normalized spacial score (nSPS) is 12.1. The summed E-state index contributed by atoms with van der Waals surface area (Å²) in [6.45, 7) is 4.59. The molecule has 2 heterocycles. The lowest BCUT2D eigenvalue weighted by molar-refractivity contribution is -0.137. The quantitative estimate of drug-likeness (QED) is 0.939. The summed E-state index contributed by atoms with van der Waals surface area (Å²) < 4.78 is 38.6. The van der Waals surface area contributed by atoms with Crippen LogP contribution >= 0.6 is 11.6 Å². The second-order valence-electron chi connectivity index (χ2n) is 4.86. The molecular weight excluding hydrogens is 305 g/mol. The number of rotatable bonds is 4. The zero-order valence-corrected chi connectivity index (χ0v) is 12.2. The topological polar surface area (TPSA) is 42.7 Å². The third-order valence-corrected chi connectivity index (χ3v) is 3.00. The number of nitrogens with zero attached hydrogens (tertiary/aromatic N) is 3. The highest BCUT2D eigenvalue weighted by Gasteiger charge is 2.32. The Morgan fingerprint density at radius 3 is 2.57 bits per heavy atom. The molecule has 21 heavy (non-hydrogen) atoms. The van der Waals surface area contributed by atoms with Crippen LogP contribution < -0.4 is 5.32 Å². The van der Waals surface area contributed by atoms with Crippen LogP contribution in [0.2, 0.25) is 5.02 Å². The average molecular weight is 319 g/mol. The van der Waals surface area contributed by atoms with Crippen molar-refractivity contribution >= 4 is 11.6 Å². The fourth-order valence-corrected chi connectivity index (χ4v) is 1.92. The van der Waals surface area contributed by atoms with E-state index < -0.39 is 11.7 Å². The maximum Gasteiger partial charge on any atom is 0.419 e. The molecule has 1 N–H and O–H groups in total. The van der Waals surface area contributed by atoms with Crippen molar-refractivity contribution in [2.24, 2.45) is 0 Å². The van der Waals surface area contributed by atoms with Gasteiger partial charge in [0.25, 0.3) is 0 Å². The second kappa shape index (κ2) is 6.03. The smallest absolute Gasteiger partial charge is 0.310 e. The molecule has 2 rings (SSSR count). The van der Waals surface area contributed by atoms with Crippen LogP contribution in [0.15, 0.2) is 24.7 Å². The van der Waals surface area contributed by atoms with E-state index in [0.717, 1.165) is 22.6 Å². The first-order chi connectivity index (χ1) is 9.77. The number of hydrogen-bond acceptors (Lipinski definition) is 3. The monoisotopic (exact) mass is 318 g/mol. The van der Waals surface area contributed by atoms with Gasteiger partial charge in [-0.3, -0.25) is 0 Å². The Kier molecular flexibility index (Phi) is 4.53. The molecule has 0 atom stereocenters. The van der Waals surface area contributed by atoms with E-state index in [1.165, 1.54) is 0 Å². The molecule has 0 saturated carbocycles. The second-order valence-corrected chi connectivity index (χ2v) is 5.26. The predicted octanol–water partition coefficient (Wildman–Crippen LogP) is 3.44. The summed E-state index contributed by atoms with van der Waals surface area (Å²) in [6, 6.07) is 1.97. The Morgan fingerprint density at radius 1 is 1.33 bits per heavy atom. The van der Waals surface area contributed by atoms with Gasteiger partial charge in [-0.1, -0.05) is 25.4 Å². The van der Waals surface area contributed by atoms with Gasteiger partial charge in [0.2, 0.25) is 0 Å². The minimum absolute atomic E-state index is 0.167. The first kappa shape index (κ1) is 15.8. The molecule has 4 nitrogen and oxygen atoms in total. The van der Waals surface area contributed by atoms with E-state index in [1.807, 2.05) is 13.8 Å². The number of alkyl halides is 3. The van der Waals surface area contributed by atoms with Gasteiger partial charge in [-0.15, -0.1) is 0 Å². The van der Waals surface area contributed by atoms with Crippen molar-refractivity contribution in [3.63, 3.8) is 0 Å². The molecule has 0 aromatic carbocycles. The summed E-state index contributed by atoms with van der Waals surface area (Å²) in [5.74, 6) is 0.167. The van der Waals surface area contributed by atoms with E-state index in [9.17, 15) is 13.2 Å². The largest absolute Gasteiger partial charge is 0.419 e. The van der Waals surface area contributed by atoms with E-state index in [0.29, 0.717) is 12.6 Å². The van der Waals surface area contributed by atoms with Crippen molar-refractivity contribution in [3.8, 4) is 5.82 Å². The summed E-state index contributed by atoms with van der Waals surface area (Å²) in [7, 11) is 0. The Morgan fingerprint density at radius 2 is 2.05 bits per heavy atom. The van der Waals surface area contributed by atoms with Crippen LogP contribution in [0, 0.1) is 0 Å². The Labute approximate surface area is 124 Å². The van der Waals surface area contributed by atoms with E-state index in [4.69, 9.17) is 11.6 Å². The van der Waals surface area contributed by atoms with Crippen LogP contribution in [0.1, 0.15) is 25.0 Å². The highest BCUT2D eigenvalue weighted by atomic mass is 35.5. The van der Waals surface area contributed by atoms with Crippen molar-refractivity contribution in [2.45, 2.75) is 32.6 Å². The molecule has 0 bridgehead atoms. The molecule has 2 aromatic rings. The van der Waals surface area contributed by atoms with Gasteiger partial charge in [-0.2, -0.15) is 18.3 Å². The van der Waals surface area contributed by atoms with Crippen molar-refractivity contribution in [3.05, 3.63) is 40.8 Å². The number of pyridine rings is 1. The third-order valence-electron chi connectivity index (χ3n) is 2.72. The number of aromatic nitrogens is 3. The van der Waals surface area contributed by atoms with Crippen LogP contribution in [0.25, 0.3) is 5.82 Å². The van der Waals surface area contributed by atoms with Crippen molar-refractivity contribution < 1.29 is 13.2 Å². The number of hydrogen-bond donors (Lipinski definition) is 1. The SMILES string of the molecule is CC(C)NCc1cnc(-n2cc(C(F)(F)F)cn2)c(Cl)c1. The number of halogens is 4. The first-order valence-electron chi connectivity index (χ1n) is 6.27. The van der Waals surface area contributed by atoms with Crippen molar-refractivity contribution in [1.82, 2.24) is 20.1 Å². The molecule has 0 amide bonds. The molecule has 2 aromatic heterocycles. The van der Waals surface area contributed by atoms with Crippen molar-refractivity contribution in [1.29, 1.82) is 0 Å². The summed E-state index contributed by atoms with van der Waals surface area (Å²) in [4.78, 5) is 4.08. The van der Waals surface area contributed by atoms with E-state index in [-0.39, 0.29) is 10.8 Å². The maximum atomic E-state index is 12.5. The average Bonchev–Trinajstić information content (AvgIpc) is 2.85. The zero-order chi connectivity index (χ0) is 15.6. The maximum absolute atomic E-state index is 12.5. The third kappa shape index (κ3) is 3.95. The molecule has 8 heteroatoms. The molecule has 0 aliphatic heterocycles. The molecule has 0 aliphatic carbocycles. The fraction of sp³-hybridized carbons (Fsp3) is 0.385. The van der Waals surface area contributed by atoms with Crippen LogP contribution in [0.5, 0.6) is 0 Å². The molecule has 0 saturated heterocycles. The molecular formula is C13H14ClF3N4. The highest BCUT2D eigenvalue weighted by Crippen LogP contribution is 2.29. The molecule has 0 fully saturated rings. The van der Waals surface area contributed by atoms with Gasteiger partial charge < -0.3 is 5.32 Å². The lowest BCUT2D eigenvalue weighted by Gasteiger charge is -2.09. The summed E-state index contributed by atoms with van der Waals surface area (Å²) in [6.07, 6.45) is -1.27. The molecule has 0 spiro atoms. The highest BCUT2D eigenvalue weighted by molar-refractivity contribution is 6.32. The van der Waals surface area contributed by atoms with E-state index in [2.05, 4.69) is 15.4 Å². The molecule has 0 aliphatic rings.